The van der Waals surface area contributed by atoms with Gasteiger partial charge in [-0.3, -0.25) is 9.59 Å². The molecule has 0 unspecified atom stereocenters. The van der Waals surface area contributed by atoms with E-state index in [1.807, 2.05) is 18.4 Å². The smallest absolute Gasteiger partial charge is 0.336 e. The van der Waals surface area contributed by atoms with Crippen molar-refractivity contribution >= 4 is 46.2 Å². The Morgan fingerprint density at radius 1 is 1.05 bits per heavy atom. The second-order valence-corrected chi connectivity index (χ2v) is 10.7. The van der Waals surface area contributed by atoms with Crippen LogP contribution in [0.25, 0.3) is 11.0 Å². The first-order valence-corrected chi connectivity index (χ1v) is 13.3. The van der Waals surface area contributed by atoms with Crippen LogP contribution in [0.2, 0.25) is 0 Å². The molecule has 0 radical (unpaired) electrons. The SMILES string of the molecule is CSCC[C@@H](NC(=O)c1ccc(C(C)(C)C)cc1)C(=O)OCc1cc(=O)oc2cc(NC(C)=O)ccc12. The molecule has 0 saturated heterocycles. The van der Waals surface area contributed by atoms with Gasteiger partial charge in [0.2, 0.25) is 5.91 Å². The van der Waals surface area contributed by atoms with Crippen molar-refractivity contribution in [2.45, 2.75) is 52.2 Å². The predicted octanol–water partition coefficient (Wildman–Crippen LogP) is 4.64. The average Bonchev–Trinajstić information content (AvgIpc) is 2.83. The molecule has 196 valence electrons. The Hall–Kier alpha value is -3.59. The normalized spacial score (nSPS) is 12.1. The lowest BCUT2D eigenvalue weighted by molar-refractivity contribution is -0.147. The Morgan fingerprint density at radius 2 is 1.76 bits per heavy atom. The van der Waals surface area contributed by atoms with Crippen LogP contribution in [-0.2, 0) is 26.3 Å². The fourth-order valence-corrected chi connectivity index (χ4v) is 4.20. The van der Waals surface area contributed by atoms with Crippen molar-refractivity contribution in [3.8, 4) is 0 Å². The largest absolute Gasteiger partial charge is 0.459 e. The number of anilines is 1. The average molecular weight is 525 g/mol. The second-order valence-electron chi connectivity index (χ2n) is 9.73. The van der Waals surface area contributed by atoms with E-state index in [0.29, 0.717) is 34.4 Å². The molecule has 0 saturated carbocycles. The van der Waals surface area contributed by atoms with Crippen molar-refractivity contribution in [2.24, 2.45) is 0 Å². The van der Waals surface area contributed by atoms with E-state index in [9.17, 15) is 19.2 Å². The van der Waals surface area contributed by atoms with E-state index in [-0.39, 0.29) is 29.4 Å². The zero-order chi connectivity index (χ0) is 27.2. The minimum absolute atomic E-state index is 0.0377. The molecule has 0 bridgehead atoms. The molecule has 1 atom stereocenters. The molecule has 2 aromatic carbocycles. The molecular formula is C28H32N2O6S. The third kappa shape index (κ3) is 7.69. The summed E-state index contributed by atoms with van der Waals surface area (Å²) in [7, 11) is 0. The maximum absolute atomic E-state index is 13.0. The summed E-state index contributed by atoms with van der Waals surface area (Å²) in [5.74, 6) is -0.563. The first kappa shape index (κ1) is 28.0. The number of ether oxygens (including phenoxy) is 1. The quantitative estimate of drug-likeness (QED) is 0.309. The summed E-state index contributed by atoms with van der Waals surface area (Å²) in [6, 6.07) is 12.6. The summed E-state index contributed by atoms with van der Waals surface area (Å²) in [6.45, 7) is 7.49. The maximum atomic E-state index is 13.0. The Bertz CT molecular complexity index is 1340. The van der Waals surface area contributed by atoms with Gasteiger partial charge in [0.25, 0.3) is 5.91 Å². The zero-order valence-electron chi connectivity index (χ0n) is 21.7. The van der Waals surface area contributed by atoms with Gasteiger partial charge in [-0.05, 0) is 53.7 Å². The Kier molecular flexibility index (Phi) is 9.15. The van der Waals surface area contributed by atoms with E-state index in [1.54, 1.807) is 36.0 Å². The molecule has 0 aliphatic rings. The van der Waals surface area contributed by atoms with Crippen molar-refractivity contribution in [2.75, 3.05) is 17.3 Å². The lowest BCUT2D eigenvalue weighted by atomic mass is 9.86. The van der Waals surface area contributed by atoms with Gasteiger partial charge < -0.3 is 19.8 Å². The number of fused-ring (bicyclic) bond motifs is 1. The molecule has 1 heterocycles. The number of esters is 1. The molecule has 0 aliphatic heterocycles. The highest BCUT2D eigenvalue weighted by Gasteiger charge is 2.24. The topological polar surface area (TPSA) is 115 Å². The molecule has 2 N–H and O–H groups in total. The highest BCUT2D eigenvalue weighted by Crippen LogP contribution is 2.23. The summed E-state index contributed by atoms with van der Waals surface area (Å²) >= 11 is 1.56. The minimum atomic E-state index is -0.847. The third-order valence-corrected chi connectivity index (χ3v) is 6.38. The number of thioether (sulfide) groups is 1. The number of hydrogen-bond acceptors (Lipinski definition) is 7. The van der Waals surface area contributed by atoms with Gasteiger partial charge in [-0.25, -0.2) is 9.59 Å². The fourth-order valence-electron chi connectivity index (χ4n) is 3.73. The number of amides is 2. The van der Waals surface area contributed by atoms with Crippen LogP contribution in [0.5, 0.6) is 0 Å². The number of benzene rings is 2. The molecule has 3 rings (SSSR count). The third-order valence-electron chi connectivity index (χ3n) is 5.73. The van der Waals surface area contributed by atoms with Crippen molar-refractivity contribution in [1.82, 2.24) is 5.32 Å². The maximum Gasteiger partial charge on any atom is 0.336 e. The van der Waals surface area contributed by atoms with E-state index >= 15 is 0 Å². The van der Waals surface area contributed by atoms with Crippen LogP contribution < -0.4 is 16.3 Å². The minimum Gasteiger partial charge on any atom is -0.459 e. The van der Waals surface area contributed by atoms with Crippen molar-refractivity contribution in [3.63, 3.8) is 0 Å². The van der Waals surface area contributed by atoms with Crippen LogP contribution in [-0.4, -0.2) is 35.8 Å². The standard InChI is InChI=1S/C28H32N2O6S/c1-17(31)29-21-10-11-22-19(14-25(32)36-24(22)15-21)16-35-27(34)23(12-13-37-5)30-26(33)18-6-8-20(9-7-18)28(2,3)4/h6-11,14-15,23H,12-13,16H2,1-5H3,(H,29,31)(H,30,33)/t23-/m1/s1. The van der Waals surface area contributed by atoms with Gasteiger partial charge in [-0.1, -0.05) is 32.9 Å². The monoisotopic (exact) mass is 524 g/mol. The number of nitrogens with one attached hydrogen (secondary N) is 2. The van der Waals surface area contributed by atoms with Crippen molar-refractivity contribution in [3.05, 3.63) is 75.6 Å². The fraction of sp³-hybridized carbons (Fsp3) is 0.357. The summed E-state index contributed by atoms with van der Waals surface area (Å²) < 4.78 is 10.8. The van der Waals surface area contributed by atoms with Gasteiger partial charge in [-0.2, -0.15) is 11.8 Å². The highest BCUT2D eigenvalue weighted by atomic mass is 32.2. The lowest BCUT2D eigenvalue weighted by Crippen LogP contribution is -2.42. The van der Waals surface area contributed by atoms with E-state index in [4.69, 9.17) is 9.15 Å². The van der Waals surface area contributed by atoms with Crippen LogP contribution >= 0.6 is 11.8 Å². The number of carbonyl (C=O) groups is 3. The highest BCUT2D eigenvalue weighted by molar-refractivity contribution is 7.98. The molecule has 9 heteroatoms. The van der Waals surface area contributed by atoms with Crippen LogP contribution in [0.4, 0.5) is 5.69 Å². The lowest BCUT2D eigenvalue weighted by Gasteiger charge is -2.20. The van der Waals surface area contributed by atoms with Gasteiger partial charge in [0.1, 0.15) is 18.2 Å². The summed E-state index contributed by atoms with van der Waals surface area (Å²) in [4.78, 5) is 49.3. The van der Waals surface area contributed by atoms with Gasteiger partial charge in [0, 0.05) is 41.3 Å². The number of hydrogen-bond donors (Lipinski definition) is 2. The van der Waals surface area contributed by atoms with Crippen LogP contribution in [0.3, 0.4) is 0 Å². The van der Waals surface area contributed by atoms with E-state index < -0.39 is 17.6 Å². The Morgan fingerprint density at radius 3 is 2.38 bits per heavy atom. The van der Waals surface area contributed by atoms with Gasteiger partial charge in [0.05, 0.1) is 0 Å². The van der Waals surface area contributed by atoms with Gasteiger partial charge in [0.15, 0.2) is 0 Å². The molecule has 37 heavy (non-hydrogen) atoms. The van der Waals surface area contributed by atoms with E-state index in [1.165, 1.54) is 19.1 Å². The van der Waals surface area contributed by atoms with Crippen molar-refractivity contribution < 1.29 is 23.5 Å². The Labute approximate surface area is 220 Å². The Balaban J connectivity index is 1.74. The first-order chi connectivity index (χ1) is 17.5. The summed E-state index contributed by atoms with van der Waals surface area (Å²) in [5.41, 5.74) is 2.11. The molecule has 2 amide bonds. The molecule has 0 fully saturated rings. The molecule has 1 aromatic heterocycles. The number of rotatable bonds is 9. The van der Waals surface area contributed by atoms with Crippen molar-refractivity contribution in [1.29, 1.82) is 0 Å². The van der Waals surface area contributed by atoms with Gasteiger partial charge >= 0.3 is 11.6 Å². The van der Waals surface area contributed by atoms with Crippen LogP contribution in [0.15, 0.2) is 57.7 Å². The predicted molar refractivity (Wildman–Crippen MR) is 146 cm³/mol. The molecule has 3 aromatic rings. The van der Waals surface area contributed by atoms with Crippen LogP contribution in [0.1, 0.15) is 55.6 Å². The van der Waals surface area contributed by atoms with Crippen LogP contribution in [0, 0.1) is 0 Å². The summed E-state index contributed by atoms with van der Waals surface area (Å²) in [6.07, 6.45) is 2.31. The number of carbonyl (C=O) groups excluding carboxylic acids is 3. The second kappa shape index (κ2) is 12.1. The molecular weight excluding hydrogens is 492 g/mol. The van der Waals surface area contributed by atoms with Gasteiger partial charge in [-0.15, -0.1) is 0 Å². The molecule has 0 spiro atoms. The zero-order valence-corrected chi connectivity index (χ0v) is 22.5. The van der Waals surface area contributed by atoms with E-state index in [0.717, 1.165) is 5.56 Å². The molecule has 8 nitrogen and oxygen atoms in total. The molecule has 0 aliphatic carbocycles. The first-order valence-electron chi connectivity index (χ1n) is 11.9. The summed E-state index contributed by atoms with van der Waals surface area (Å²) in [5, 5.41) is 6.00. The van der Waals surface area contributed by atoms with E-state index in [2.05, 4.69) is 31.4 Å².